The number of rotatable bonds is 7. The van der Waals surface area contributed by atoms with Crippen molar-refractivity contribution < 1.29 is 29.3 Å². The topological polar surface area (TPSA) is 101 Å². The molecule has 6 nitrogen and oxygen atoms in total. The van der Waals surface area contributed by atoms with Gasteiger partial charge in [0.2, 0.25) is 0 Å². The number of Topliss-reactive ketones (excluding diaryl/α,β-unsaturated/α-hetero) is 1. The van der Waals surface area contributed by atoms with Gasteiger partial charge in [0.15, 0.2) is 6.29 Å². The first-order chi connectivity index (χ1) is 10.3. The maximum atomic E-state index is 11.9. The molecule has 120 valence electrons. The van der Waals surface area contributed by atoms with Crippen LogP contribution in [-0.4, -0.2) is 34.9 Å². The number of esters is 1. The third-order valence-electron chi connectivity index (χ3n) is 3.16. The summed E-state index contributed by atoms with van der Waals surface area (Å²) in [7, 11) is 0. The summed E-state index contributed by atoms with van der Waals surface area (Å²) >= 11 is 5.96. The Bertz CT molecular complexity index is 609. The lowest BCUT2D eigenvalue weighted by molar-refractivity contribution is -0.141. The third-order valence-corrected chi connectivity index (χ3v) is 3.57. The molecule has 0 saturated heterocycles. The van der Waals surface area contributed by atoms with Gasteiger partial charge in [-0.3, -0.25) is 14.4 Å². The molecule has 0 saturated carbocycles. The molecule has 0 aliphatic carbocycles. The van der Waals surface area contributed by atoms with Crippen LogP contribution in [0.25, 0.3) is 0 Å². The number of carbonyl (C=O) groups excluding carboxylic acids is 3. The highest BCUT2D eigenvalue weighted by atomic mass is 35.5. The molecule has 0 radical (unpaired) electrons. The minimum atomic E-state index is -0.424. The predicted molar refractivity (Wildman–Crippen MR) is 79.5 cm³/mol. The van der Waals surface area contributed by atoms with E-state index in [1.807, 2.05) is 0 Å². The van der Waals surface area contributed by atoms with E-state index in [0.717, 1.165) is 0 Å². The number of benzene rings is 1. The van der Waals surface area contributed by atoms with Crippen molar-refractivity contribution in [3.05, 3.63) is 21.7 Å². The molecule has 7 heteroatoms. The average Bonchev–Trinajstić information content (AvgIpc) is 2.47. The Morgan fingerprint density at radius 2 is 1.91 bits per heavy atom. The molecule has 0 unspecified atom stereocenters. The molecule has 1 rings (SSSR count). The van der Waals surface area contributed by atoms with Crippen molar-refractivity contribution in [1.29, 1.82) is 0 Å². The molecule has 0 aliphatic heterocycles. The van der Waals surface area contributed by atoms with Crippen LogP contribution in [0, 0.1) is 6.92 Å². The minimum absolute atomic E-state index is 0.0816. The maximum absolute atomic E-state index is 11.9. The van der Waals surface area contributed by atoms with Crippen molar-refractivity contribution in [2.75, 3.05) is 6.61 Å². The second kappa shape index (κ2) is 7.79. The predicted octanol–water partition coefficient (Wildman–Crippen LogP) is 2.33. The largest absolute Gasteiger partial charge is 0.507 e. The van der Waals surface area contributed by atoms with E-state index >= 15 is 0 Å². The van der Waals surface area contributed by atoms with E-state index in [4.69, 9.17) is 16.3 Å². The van der Waals surface area contributed by atoms with Gasteiger partial charge in [-0.15, -0.1) is 0 Å². The van der Waals surface area contributed by atoms with Crippen LogP contribution >= 0.6 is 11.6 Å². The zero-order chi connectivity index (χ0) is 16.9. The van der Waals surface area contributed by atoms with Gasteiger partial charge in [0.05, 0.1) is 17.2 Å². The molecule has 22 heavy (non-hydrogen) atoms. The first-order valence-electron chi connectivity index (χ1n) is 6.62. The van der Waals surface area contributed by atoms with Gasteiger partial charge in [-0.25, -0.2) is 0 Å². The Kier molecular flexibility index (Phi) is 6.37. The highest BCUT2D eigenvalue weighted by Crippen LogP contribution is 2.40. The number of phenols is 2. The fourth-order valence-electron chi connectivity index (χ4n) is 1.95. The van der Waals surface area contributed by atoms with Gasteiger partial charge in [0, 0.05) is 25.3 Å². The molecule has 0 aliphatic rings. The monoisotopic (exact) mass is 328 g/mol. The van der Waals surface area contributed by atoms with E-state index in [0.29, 0.717) is 12.7 Å². The van der Waals surface area contributed by atoms with E-state index < -0.39 is 5.97 Å². The Balaban J connectivity index is 2.87. The van der Waals surface area contributed by atoms with Gasteiger partial charge in [-0.1, -0.05) is 11.6 Å². The summed E-state index contributed by atoms with van der Waals surface area (Å²) in [4.78, 5) is 33.6. The van der Waals surface area contributed by atoms with Crippen molar-refractivity contribution in [3.8, 4) is 11.5 Å². The number of ketones is 1. The van der Waals surface area contributed by atoms with Crippen LogP contribution in [-0.2, 0) is 20.7 Å². The summed E-state index contributed by atoms with van der Waals surface area (Å²) in [5.74, 6) is -1.42. The molecule has 2 N–H and O–H groups in total. The van der Waals surface area contributed by atoms with Crippen molar-refractivity contribution in [1.82, 2.24) is 0 Å². The Labute approximate surface area is 132 Å². The van der Waals surface area contributed by atoms with Gasteiger partial charge >= 0.3 is 5.97 Å². The fraction of sp³-hybridized carbons (Fsp3) is 0.400. The number of hydrogen-bond acceptors (Lipinski definition) is 6. The van der Waals surface area contributed by atoms with E-state index in [1.165, 1.54) is 13.8 Å². The van der Waals surface area contributed by atoms with Crippen LogP contribution in [0.15, 0.2) is 0 Å². The molecule has 0 spiro atoms. The molecular weight excluding hydrogens is 312 g/mol. The number of aldehydes is 1. The molecule has 0 fully saturated rings. The van der Waals surface area contributed by atoms with Crippen molar-refractivity contribution >= 4 is 29.6 Å². The van der Waals surface area contributed by atoms with Crippen LogP contribution in [0.4, 0.5) is 0 Å². The van der Waals surface area contributed by atoms with Gasteiger partial charge in [0.25, 0.3) is 0 Å². The second-order valence-corrected chi connectivity index (χ2v) is 5.18. The summed E-state index contributed by atoms with van der Waals surface area (Å²) in [6.45, 7) is 2.81. The quantitative estimate of drug-likeness (QED) is 0.452. The van der Waals surface area contributed by atoms with E-state index in [1.54, 1.807) is 0 Å². The summed E-state index contributed by atoms with van der Waals surface area (Å²) in [6, 6.07) is 0. The van der Waals surface area contributed by atoms with Crippen LogP contribution in [0.3, 0.4) is 0 Å². The Morgan fingerprint density at radius 1 is 1.27 bits per heavy atom. The fourth-order valence-corrected chi connectivity index (χ4v) is 2.26. The first-order valence-corrected chi connectivity index (χ1v) is 7.00. The molecule has 0 atom stereocenters. The molecule has 0 heterocycles. The minimum Gasteiger partial charge on any atom is -0.507 e. The molecule has 0 aromatic heterocycles. The van der Waals surface area contributed by atoms with Gasteiger partial charge in [-0.2, -0.15) is 0 Å². The highest BCUT2D eigenvalue weighted by molar-refractivity contribution is 6.33. The Morgan fingerprint density at radius 3 is 2.45 bits per heavy atom. The van der Waals surface area contributed by atoms with Crippen molar-refractivity contribution in [2.24, 2.45) is 0 Å². The zero-order valence-corrected chi connectivity index (χ0v) is 13.1. The first kappa shape index (κ1) is 18.0. The number of hydrogen-bond donors (Lipinski definition) is 2. The molecule has 0 amide bonds. The van der Waals surface area contributed by atoms with Crippen LogP contribution in [0.5, 0.6) is 11.5 Å². The standard InChI is InChI=1S/C15H17ClO6/c1-8-14(20)12(7-17)11(13(16)15(8)21)6-10(19)4-3-5-22-9(2)18/h7,20-21H,3-6H2,1-2H3. The smallest absolute Gasteiger partial charge is 0.302 e. The van der Waals surface area contributed by atoms with Crippen molar-refractivity contribution in [2.45, 2.75) is 33.1 Å². The average molecular weight is 329 g/mol. The van der Waals surface area contributed by atoms with Gasteiger partial charge < -0.3 is 14.9 Å². The second-order valence-electron chi connectivity index (χ2n) is 4.81. The molecule has 1 aromatic carbocycles. The molecule has 0 bridgehead atoms. The molecular formula is C15H17ClO6. The van der Waals surface area contributed by atoms with E-state index in [-0.39, 0.29) is 58.4 Å². The number of aromatic hydroxyl groups is 2. The van der Waals surface area contributed by atoms with Crippen LogP contribution in [0.1, 0.15) is 41.3 Å². The lowest BCUT2D eigenvalue weighted by Gasteiger charge is -2.13. The summed E-state index contributed by atoms with van der Waals surface area (Å²) in [6.07, 6.45) is 0.664. The summed E-state index contributed by atoms with van der Waals surface area (Å²) < 4.78 is 4.71. The summed E-state index contributed by atoms with van der Waals surface area (Å²) in [5, 5.41) is 19.5. The number of halogens is 1. The molecule has 1 aromatic rings. The van der Waals surface area contributed by atoms with Crippen LogP contribution in [0.2, 0.25) is 5.02 Å². The van der Waals surface area contributed by atoms with Gasteiger partial charge in [-0.05, 0) is 18.9 Å². The van der Waals surface area contributed by atoms with Crippen LogP contribution < -0.4 is 0 Å². The maximum Gasteiger partial charge on any atom is 0.302 e. The third kappa shape index (κ3) is 4.21. The lowest BCUT2D eigenvalue weighted by Crippen LogP contribution is -2.09. The Hall–Kier alpha value is -2.08. The summed E-state index contributed by atoms with van der Waals surface area (Å²) in [5.41, 5.74) is 0.0709. The number of ether oxygens (including phenoxy) is 1. The zero-order valence-electron chi connectivity index (χ0n) is 12.3. The SMILES string of the molecule is CC(=O)OCCCC(=O)Cc1c(Cl)c(O)c(C)c(O)c1C=O. The normalized spacial score (nSPS) is 10.3. The van der Waals surface area contributed by atoms with Gasteiger partial charge in [0.1, 0.15) is 17.3 Å². The van der Waals surface area contributed by atoms with Crippen molar-refractivity contribution in [3.63, 3.8) is 0 Å². The number of phenolic OH excluding ortho intramolecular Hbond substituents is 2. The highest BCUT2D eigenvalue weighted by Gasteiger charge is 2.21. The van der Waals surface area contributed by atoms with E-state index in [9.17, 15) is 24.6 Å². The van der Waals surface area contributed by atoms with E-state index in [2.05, 4.69) is 0 Å². The lowest BCUT2D eigenvalue weighted by atomic mass is 9.97. The number of carbonyl (C=O) groups is 3.